The van der Waals surface area contributed by atoms with Gasteiger partial charge in [0.05, 0.1) is 29.3 Å². The van der Waals surface area contributed by atoms with Crippen LogP contribution in [-0.2, 0) is 10.2 Å². The number of hydrogen-bond acceptors (Lipinski definition) is 6. The molecule has 29 heavy (non-hydrogen) atoms. The Labute approximate surface area is 172 Å². The van der Waals surface area contributed by atoms with Crippen LogP contribution in [-0.4, -0.2) is 47.0 Å². The van der Waals surface area contributed by atoms with Crippen molar-refractivity contribution in [1.82, 2.24) is 15.2 Å². The van der Waals surface area contributed by atoms with Crippen LogP contribution < -0.4 is 10.2 Å². The zero-order valence-corrected chi connectivity index (χ0v) is 17.1. The van der Waals surface area contributed by atoms with E-state index in [4.69, 9.17) is 4.98 Å². The predicted molar refractivity (Wildman–Crippen MR) is 109 cm³/mol. The molecule has 1 saturated carbocycles. The number of amides is 1. The van der Waals surface area contributed by atoms with E-state index in [0.717, 1.165) is 56.7 Å². The van der Waals surface area contributed by atoms with E-state index < -0.39 is 0 Å². The highest BCUT2D eigenvalue weighted by Gasteiger charge is 2.46. The van der Waals surface area contributed by atoms with E-state index in [0.29, 0.717) is 0 Å². The Balaban J connectivity index is 1.33. The molecule has 1 aliphatic carbocycles. The first-order valence-electron chi connectivity index (χ1n) is 10.6. The maximum absolute atomic E-state index is 12.8. The molecule has 3 heterocycles. The van der Waals surface area contributed by atoms with Crippen molar-refractivity contribution in [3.05, 3.63) is 23.9 Å². The van der Waals surface area contributed by atoms with Crippen molar-refractivity contribution in [2.45, 2.75) is 69.5 Å². The first-order valence-corrected chi connectivity index (χ1v) is 10.6. The van der Waals surface area contributed by atoms with Crippen molar-refractivity contribution in [3.8, 4) is 12.3 Å². The monoisotopic (exact) mass is 392 g/mol. The van der Waals surface area contributed by atoms with Crippen LogP contribution in [0.3, 0.4) is 0 Å². The molecule has 3 atom stereocenters. The van der Waals surface area contributed by atoms with Gasteiger partial charge in [0.25, 0.3) is 0 Å². The number of aromatic nitrogens is 1. The van der Waals surface area contributed by atoms with Gasteiger partial charge in [-0.1, -0.05) is 6.07 Å². The lowest BCUT2D eigenvalue weighted by molar-refractivity contribution is -0.126. The average Bonchev–Trinajstić information content (AvgIpc) is 3.50. The molecule has 1 N–H and O–H groups in total. The van der Waals surface area contributed by atoms with Gasteiger partial charge in [0.2, 0.25) is 5.91 Å². The molecule has 0 spiro atoms. The molecule has 1 amide bonds. The van der Waals surface area contributed by atoms with Gasteiger partial charge in [-0.3, -0.25) is 4.79 Å². The molecule has 7 nitrogen and oxygen atoms in total. The van der Waals surface area contributed by atoms with E-state index in [-0.39, 0.29) is 35.4 Å². The van der Waals surface area contributed by atoms with Crippen LogP contribution in [0.25, 0.3) is 0 Å². The van der Waals surface area contributed by atoms with Gasteiger partial charge in [-0.25, -0.2) is 4.98 Å². The minimum absolute atomic E-state index is 0.00181. The lowest BCUT2D eigenvalue weighted by atomic mass is 9.95. The van der Waals surface area contributed by atoms with Crippen molar-refractivity contribution in [2.24, 2.45) is 5.92 Å². The second kappa shape index (κ2) is 7.55. The Hall–Kier alpha value is -2.80. The van der Waals surface area contributed by atoms with E-state index in [1.165, 1.54) is 0 Å². The second-order valence-electron chi connectivity index (χ2n) is 8.78. The molecule has 7 heteroatoms. The Bertz CT molecular complexity index is 859. The number of carbonyl (C=O) groups excluding carboxylic acids is 1. The number of nitrogens with one attached hydrogen (secondary N) is 1. The standard InChI is InChI=1S/C22H28N6O/c1-15-12-18(16(2)28(15)14-24)25-21(29)17-6-10-27(11-7-17)20-5-3-4-19(26-20)22(13-23)8-9-22/h3-5,15-18H,6-12H2,1-2H3,(H,25,29)/t15-,16+,18+/m0/s1. The second-order valence-corrected chi connectivity index (χ2v) is 8.78. The zero-order valence-electron chi connectivity index (χ0n) is 17.1. The third-order valence-electron chi connectivity index (χ3n) is 6.91. The topological polar surface area (TPSA) is 96.1 Å². The highest BCUT2D eigenvalue weighted by molar-refractivity contribution is 5.79. The molecule has 0 unspecified atom stereocenters. The summed E-state index contributed by atoms with van der Waals surface area (Å²) in [4.78, 5) is 21.6. The van der Waals surface area contributed by atoms with Crippen molar-refractivity contribution in [1.29, 1.82) is 10.5 Å². The molecule has 1 aromatic rings. The SMILES string of the molecule is C[C@@H]1[C@H](NC(=O)C2CCN(c3cccc(C4(C#N)CC4)n3)CC2)C[C@H](C)N1C#N. The van der Waals surface area contributed by atoms with Gasteiger partial charge >= 0.3 is 0 Å². The van der Waals surface area contributed by atoms with E-state index in [2.05, 4.69) is 22.5 Å². The Morgan fingerprint density at radius 1 is 1.24 bits per heavy atom. The van der Waals surface area contributed by atoms with Crippen LogP contribution in [0.4, 0.5) is 5.82 Å². The maximum Gasteiger partial charge on any atom is 0.223 e. The molecule has 3 aliphatic rings. The molecule has 0 radical (unpaired) electrons. The summed E-state index contributed by atoms with van der Waals surface area (Å²) < 4.78 is 0. The number of hydrogen-bond donors (Lipinski definition) is 1. The summed E-state index contributed by atoms with van der Waals surface area (Å²) in [6.45, 7) is 5.61. The number of piperidine rings is 1. The summed E-state index contributed by atoms with van der Waals surface area (Å²) in [5, 5.41) is 21.9. The predicted octanol–water partition coefficient (Wildman–Crippen LogP) is 2.30. The van der Waals surface area contributed by atoms with Crippen molar-refractivity contribution in [2.75, 3.05) is 18.0 Å². The third kappa shape index (κ3) is 3.62. The van der Waals surface area contributed by atoms with Gasteiger partial charge in [0, 0.05) is 25.0 Å². The van der Waals surface area contributed by atoms with Crippen molar-refractivity contribution < 1.29 is 4.79 Å². The fraction of sp³-hybridized carbons (Fsp3) is 0.636. The Morgan fingerprint density at radius 3 is 2.55 bits per heavy atom. The van der Waals surface area contributed by atoms with Crippen LogP contribution in [0.15, 0.2) is 18.2 Å². The van der Waals surface area contributed by atoms with Crippen molar-refractivity contribution >= 4 is 11.7 Å². The molecular weight excluding hydrogens is 364 g/mol. The number of rotatable bonds is 4. The summed E-state index contributed by atoms with van der Waals surface area (Å²) in [7, 11) is 0. The van der Waals surface area contributed by atoms with Crippen LogP contribution in [0.1, 0.15) is 51.6 Å². The summed E-state index contributed by atoms with van der Waals surface area (Å²) in [6, 6.07) is 8.59. The maximum atomic E-state index is 12.8. The number of carbonyl (C=O) groups is 1. The normalized spacial score (nSPS) is 28.5. The van der Waals surface area contributed by atoms with Crippen LogP contribution in [0.5, 0.6) is 0 Å². The minimum Gasteiger partial charge on any atom is -0.357 e. The quantitative estimate of drug-likeness (QED) is 0.790. The van der Waals surface area contributed by atoms with E-state index in [1.807, 2.05) is 32.0 Å². The first kappa shape index (κ1) is 19.5. The minimum atomic E-state index is -0.374. The van der Waals surface area contributed by atoms with Gasteiger partial charge in [0.15, 0.2) is 6.19 Å². The van der Waals surface area contributed by atoms with E-state index >= 15 is 0 Å². The Morgan fingerprint density at radius 2 is 1.97 bits per heavy atom. The number of nitrogens with zero attached hydrogens (tertiary/aromatic N) is 5. The molecule has 4 rings (SSSR count). The highest BCUT2D eigenvalue weighted by atomic mass is 16.2. The molecule has 152 valence electrons. The van der Waals surface area contributed by atoms with Gasteiger partial charge in [-0.2, -0.15) is 10.5 Å². The summed E-state index contributed by atoms with van der Waals surface area (Å²) in [5.41, 5.74) is 0.504. The van der Waals surface area contributed by atoms with Crippen LogP contribution in [0.2, 0.25) is 0 Å². The van der Waals surface area contributed by atoms with Crippen molar-refractivity contribution in [3.63, 3.8) is 0 Å². The lowest BCUT2D eigenvalue weighted by Gasteiger charge is -2.33. The smallest absolute Gasteiger partial charge is 0.223 e. The van der Waals surface area contributed by atoms with E-state index in [1.54, 1.807) is 4.90 Å². The summed E-state index contributed by atoms with van der Waals surface area (Å²) >= 11 is 0. The highest BCUT2D eigenvalue weighted by Crippen LogP contribution is 2.47. The van der Waals surface area contributed by atoms with Gasteiger partial charge in [-0.05, 0) is 58.1 Å². The third-order valence-corrected chi connectivity index (χ3v) is 6.91. The molecule has 0 aromatic carbocycles. The van der Waals surface area contributed by atoms with Gasteiger partial charge in [0.1, 0.15) is 5.82 Å². The average molecular weight is 393 g/mol. The first-order chi connectivity index (χ1) is 14.0. The van der Waals surface area contributed by atoms with Gasteiger partial charge in [-0.15, -0.1) is 0 Å². The molecule has 3 fully saturated rings. The molecule has 1 aromatic heterocycles. The number of nitriles is 2. The fourth-order valence-corrected chi connectivity index (χ4v) is 4.73. The summed E-state index contributed by atoms with van der Waals surface area (Å²) in [6.07, 6.45) is 6.43. The molecule has 2 saturated heterocycles. The lowest BCUT2D eigenvalue weighted by Crippen LogP contribution is -2.47. The number of likely N-dealkylation sites (tertiary alicyclic amines) is 1. The van der Waals surface area contributed by atoms with Crippen LogP contribution in [0, 0.1) is 28.7 Å². The number of anilines is 1. The molecule has 2 aliphatic heterocycles. The molecular formula is C22H28N6O. The summed E-state index contributed by atoms with van der Waals surface area (Å²) in [5.74, 6) is 1.02. The van der Waals surface area contributed by atoms with Gasteiger partial charge < -0.3 is 15.1 Å². The fourth-order valence-electron chi connectivity index (χ4n) is 4.73. The van der Waals surface area contributed by atoms with Crippen LogP contribution >= 0.6 is 0 Å². The van der Waals surface area contributed by atoms with E-state index in [9.17, 15) is 15.3 Å². The molecule has 0 bridgehead atoms. The Kier molecular flexibility index (Phi) is 5.08. The number of pyridine rings is 1. The zero-order chi connectivity index (χ0) is 20.6. The largest absolute Gasteiger partial charge is 0.357 e.